The van der Waals surface area contributed by atoms with E-state index in [0.717, 1.165) is 24.6 Å². The summed E-state index contributed by atoms with van der Waals surface area (Å²) >= 11 is 0. The minimum absolute atomic E-state index is 0. The second-order valence-electron chi connectivity index (χ2n) is 5.93. The van der Waals surface area contributed by atoms with Gasteiger partial charge in [-0.15, -0.1) is 12.4 Å². The third kappa shape index (κ3) is 4.76. The lowest BCUT2D eigenvalue weighted by Gasteiger charge is -2.20. The minimum atomic E-state index is 0. The number of hydrogen-bond donors (Lipinski definition) is 0. The molecular weight excluding hydrogens is 322 g/mol. The van der Waals surface area contributed by atoms with Gasteiger partial charge in [0.15, 0.2) is 11.5 Å². The van der Waals surface area contributed by atoms with E-state index in [4.69, 9.17) is 9.47 Å². The summed E-state index contributed by atoms with van der Waals surface area (Å²) in [6, 6.07) is 14.6. The molecule has 1 heterocycles. The Morgan fingerprint density at radius 2 is 1.79 bits per heavy atom. The molecule has 0 aromatic heterocycles. The van der Waals surface area contributed by atoms with Crippen molar-refractivity contribution in [3.63, 3.8) is 0 Å². The first-order valence-electron chi connectivity index (χ1n) is 8.01. The summed E-state index contributed by atoms with van der Waals surface area (Å²) in [4.78, 5) is 2.28. The summed E-state index contributed by atoms with van der Waals surface area (Å²) in [5.41, 5.74) is 3.82. The number of halogens is 1. The van der Waals surface area contributed by atoms with Crippen molar-refractivity contribution < 1.29 is 9.47 Å². The van der Waals surface area contributed by atoms with E-state index in [2.05, 4.69) is 67.4 Å². The Morgan fingerprint density at radius 1 is 1.04 bits per heavy atom. The maximum absolute atomic E-state index is 5.64. The summed E-state index contributed by atoms with van der Waals surface area (Å²) in [5.74, 6) is 1.71. The molecule has 0 bridgehead atoms. The Balaban J connectivity index is 0.00000208. The second kappa shape index (κ2) is 8.76. The fourth-order valence-corrected chi connectivity index (χ4v) is 2.70. The van der Waals surface area contributed by atoms with E-state index in [1.165, 1.54) is 16.7 Å². The van der Waals surface area contributed by atoms with Gasteiger partial charge in [0.2, 0.25) is 0 Å². The molecule has 0 amide bonds. The molecule has 0 aliphatic carbocycles. The number of rotatable bonds is 5. The molecule has 0 N–H and O–H groups in total. The van der Waals surface area contributed by atoms with Gasteiger partial charge in [-0.2, -0.15) is 0 Å². The molecule has 0 radical (unpaired) electrons. The van der Waals surface area contributed by atoms with Crippen molar-refractivity contribution in [1.29, 1.82) is 0 Å². The Labute approximate surface area is 150 Å². The van der Waals surface area contributed by atoms with E-state index in [0.29, 0.717) is 13.2 Å². The van der Waals surface area contributed by atoms with Gasteiger partial charge in [0, 0.05) is 13.1 Å². The normalized spacial score (nSPS) is 13.1. The lowest BCUT2D eigenvalue weighted by molar-refractivity contribution is 0.171. The zero-order valence-corrected chi connectivity index (χ0v) is 15.0. The highest BCUT2D eigenvalue weighted by atomic mass is 35.5. The van der Waals surface area contributed by atoms with E-state index in [1.807, 2.05) is 6.07 Å². The molecule has 0 unspecified atom stereocenters. The van der Waals surface area contributed by atoms with Crippen LogP contribution in [0.5, 0.6) is 11.5 Å². The van der Waals surface area contributed by atoms with Crippen molar-refractivity contribution in [3.8, 4) is 11.5 Å². The third-order valence-corrected chi connectivity index (χ3v) is 3.96. The quantitative estimate of drug-likeness (QED) is 0.805. The average molecular weight is 346 g/mol. The van der Waals surface area contributed by atoms with Gasteiger partial charge in [-0.05, 0) is 42.8 Å². The molecule has 3 rings (SSSR count). The van der Waals surface area contributed by atoms with Gasteiger partial charge in [-0.3, -0.25) is 4.90 Å². The topological polar surface area (TPSA) is 21.7 Å². The van der Waals surface area contributed by atoms with Gasteiger partial charge in [-0.1, -0.05) is 42.5 Å². The number of ether oxygens (including phenoxy) is 2. The summed E-state index contributed by atoms with van der Waals surface area (Å²) in [6.45, 7) is 5.19. The fraction of sp³-hybridized carbons (Fsp3) is 0.300. The molecule has 0 fully saturated rings. The predicted molar refractivity (Wildman–Crippen MR) is 101 cm³/mol. The first-order chi connectivity index (χ1) is 11.2. The molecule has 2 aromatic carbocycles. The van der Waals surface area contributed by atoms with Gasteiger partial charge in [0.1, 0.15) is 13.2 Å². The average Bonchev–Trinajstić information content (AvgIpc) is 2.56. The highest BCUT2D eigenvalue weighted by molar-refractivity contribution is 5.85. The third-order valence-electron chi connectivity index (χ3n) is 3.96. The standard InChI is InChI=1S/C20H23NO2.ClH/c1-16-6-3-4-7-18(16)8-5-11-21(2)15-17-9-10-19-20(14-17)23-13-12-22-19;/h3-10,14H,11-13,15H2,1-2H3;1H/b8-5+;. The lowest BCUT2D eigenvalue weighted by atomic mass is 10.1. The number of benzene rings is 2. The number of hydrogen-bond acceptors (Lipinski definition) is 3. The van der Waals surface area contributed by atoms with E-state index in [9.17, 15) is 0 Å². The Bertz CT molecular complexity index is 700. The summed E-state index contributed by atoms with van der Waals surface area (Å²) < 4.78 is 11.2. The highest BCUT2D eigenvalue weighted by Crippen LogP contribution is 2.30. The zero-order chi connectivity index (χ0) is 16.1. The van der Waals surface area contributed by atoms with Crippen LogP contribution >= 0.6 is 12.4 Å². The van der Waals surface area contributed by atoms with E-state index < -0.39 is 0 Å². The molecular formula is C20H24ClNO2. The van der Waals surface area contributed by atoms with Gasteiger partial charge >= 0.3 is 0 Å². The van der Waals surface area contributed by atoms with Crippen LogP contribution in [-0.2, 0) is 6.54 Å². The van der Waals surface area contributed by atoms with Crippen molar-refractivity contribution in [2.45, 2.75) is 13.5 Å². The van der Waals surface area contributed by atoms with Gasteiger partial charge in [0.25, 0.3) is 0 Å². The Hall–Kier alpha value is -1.97. The van der Waals surface area contributed by atoms with Crippen molar-refractivity contribution in [2.24, 2.45) is 0 Å². The largest absolute Gasteiger partial charge is 0.486 e. The maximum atomic E-state index is 5.64. The first-order valence-corrected chi connectivity index (χ1v) is 8.01. The summed E-state index contributed by atoms with van der Waals surface area (Å²) in [6.07, 6.45) is 4.40. The van der Waals surface area contributed by atoms with Gasteiger partial charge in [-0.25, -0.2) is 0 Å². The molecule has 0 spiro atoms. The van der Waals surface area contributed by atoms with E-state index in [1.54, 1.807) is 0 Å². The fourth-order valence-electron chi connectivity index (χ4n) is 2.70. The van der Waals surface area contributed by atoms with E-state index in [-0.39, 0.29) is 12.4 Å². The molecule has 3 nitrogen and oxygen atoms in total. The molecule has 4 heteroatoms. The number of nitrogens with zero attached hydrogens (tertiary/aromatic N) is 1. The molecule has 0 saturated heterocycles. The molecule has 2 aromatic rings. The number of likely N-dealkylation sites (N-methyl/N-ethyl adjacent to an activating group) is 1. The molecule has 24 heavy (non-hydrogen) atoms. The summed E-state index contributed by atoms with van der Waals surface area (Å²) in [7, 11) is 2.12. The lowest BCUT2D eigenvalue weighted by Crippen LogP contribution is -2.19. The summed E-state index contributed by atoms with van der Waals surface area (Å²) in [5, 5.41) is 0. The number of fused-ring (bicyclic) bond motifs is 1. The molecule has 128 valence electrons. The first kappa shape index (κ1) is 18.4. The highest BCUT2D eigenvalue weighted by Gasteiger charge is 2.12. The molecule has 1 aliphatic heterocycles. The SMILES string of the molecule is Cc1ccccc1/C=C/CN(C)Cc1ccc2c(c1)OCCO2.Cl. The van der Waals surface area contributed by atoms with Gasteiger partial charge in [0.05, 0.1) is 0 Å². The van der Waals surface area contributed by atoms with Crippen LogP contribution in [0.1, 0.15) is 16.7 Å². The van der Waals surface area contributed by atoms with Crippen molar-refractivity contribution in [2.75, 3.05) is 26.8 Å². The molecule has 0 saturated carbocycles. The van der Waals surface area contributed by atoms with Crippen molar-refractivity contribution in [1.82, 2.24) is 4.90 Å². The molecule has 1 aliphatic rings. The van der Waals surface area contributed by atoms with Crippen LogP contribution in [0.15, 0.2) is 48.5 Å². The van der Waals surface area contributed by atoms with Crippen LogP contribution in [-0.4, -0.2) is 31.7 Å². The Morgan fingerprint density at radius 3 is 2.58 bits per heavy atom. The van der Waals surface area contributed by atoms with Crippen LogP contribution in [0.4, 0.5) is 0 Å². The predicted octanol–water partition coefficient (Wildman–Crippen LogP) is 4.33. The second-order valence-corrected chi connectivity index (χ2v) is 5.93. The van der Waals surface area contributed by atoms with Gasteiger partial charge < -0.3 is 9.47 Å². The Kier molecular flexibility index (Phi) is 6.71. The van der Waals surface area contributed by atoms with Crippen LogP contribution in [0.3, 0.4) is 0 Å². The monoisotopic (exact) mass is 345 g/mol. The van der Waals surface area contributed by atoms with Crippen LogP contribution in [0.2, 0.25) is 0 Å². The molecule has 0 atom stereocenters. The number of aryl methyl sites for hydroxylation is 1. The van der Waals surface area contributed by atoms with Crippen LogP contribution < -0.4 is 9.47 Å². The maximum Gasteiger partial charge on any atom is 0.161 e. The van der Waals surface area contributed by atoms with Crippen LogP contribution in [0.25, 0.3) is 6.08 Å². The van der Waals surface area contributed by atoms with Crippen molar-refractivity contribution in [3.05, 3.63) is 65.2 Å². The van der Waals surface area contributed by atoms with E-state index >= 15 is 0 Å². The van der Waals surface area contributed by atoms with Crippen LogP contribution in [0, 0.1) is 6.92 Å². The smallest absolute Gasteiger partial charge is 0.161 e. The van der Waals surface area contributed by atoms with Crippen molar-refractivity contribution >= 4 is 18.5 Å². The zero-order valence-electron chi connectivity index (χ0n) is 14.2. The minimum Gasteiger partial charge on any atom is -0.486 e.